The summed E-state index contributed by atoms with van der Waals surface area (Å²) in [5.41, 5.74) is 11.5. The summed E-state index contributed by atoms with van der Waals surface area (Å²) in [5, 5.41) is 8.11. The van der Waals surface area contributed by atoms with Crippen molar-refractivity contribution in [3.05, 3.63) is 175 Å². The number of hydrogen-bond donors (Lipinski definition) is 0. The maximum absolute atomic E-state index is 2.50. The van der Waals surface area contributed by atoms with Crippen molar-refractivity contribution in [2.24, 2.45) is 0 Å². The van der Waals surface area contributed by atoms with E-state index in [0.29, 0.717) is 0 Å². The first kappa shape index (κ1) is 28.6. The third-order valence-corrected chi connectivity index (χ3v) is 13.1. The van der Waals surface area contributed by atoms with Crippen LogP contribution in [0.1, 0.15) is 25.0 Å². The van der Waals surface area contributed by atoms with Gasteiger partial charge < -0.3 is 0 Å². The van der Waals surface area contributed by atoms with E-state index in [4.69, 9.17) is 0 Å². The zero-order valence-electron chi connectivity index (χ0n) is 27.4. The van der Waals surface area contributed by atoms with Gasteiger partial charge >= 0.3 is 294 Å². The summed E-state index contributed by atoms with van der Waals surface area (Å²) in [4.78, 5) is 2.50. The van der Waals surface area contributed by atoms with Crippen molar-refractivity contribution in [1.29, 1.82) is 0 Å². The second kappa shape index (κ2) is 10.8. The second-order valence-corrected chi connectivity index (χ2v) is 15.9. The molecule has 49 heavy (non-hydrogen) atoms. The van der Waals surface area contributed by atoms with E-state index in [9.17, 15) is 0 Å². The minimum atomic E-state index is -0.0358. The summed E-state index contributed by atoms with van der Waals surface area (Å²) < 4.78 is 2.94. The molecule has 0 amide bonds. The van der Waals surface area contributed by atoms with Crippen LogP contribution in [0, 0.1) is 0 Å². The van der Waals surface area contributed by atoms with Gasteiger partial charge in [0.2, 0.25) is 0 Å². The molecule has 232 valence electrons. The van der Waals surface area contributed by atoms with E-state index in [2.05, 4.69) is 183 Å². The molecule has 0 saturated heterocycles. The molecule has 0 atom stereocenters. The van der Waals surface area contributed by atoms with E-state index in [-0.39, 0.29) is 19.9 Å². The Morgan fingerprint density at radius 1 is 0.469 bits per heavy atom. The SMILES string of the molecule is CC1(C)c2ccccc2-c2cc(N(c3ccc(-c4ccccc4)cc3)c3cccc4[se]c5c(ccc6ccc7ccccc7c65)c34)ccc21. The fourth-order valence-corrected chi connectivity index (χ4v) is 11.0. The fourth-order valence-electron chi connectivity index (χ4n) is 8.25. The van der Waals surface area contributed by atoms with Crippen LogP contribution in [0.25, 0.3) is 63.1 Å². The minimum absolute atomic E-state index is 0.0358. The fraction of sp³-hybridized carbons (Fsp3) is 0.0638. The van der Waals surface area contributed by atoms with Crippen LogP contribution in [0.5, 0.6) is 0 Å². The summed E-state index contributed by atoms with van der Waals surface area (Å²) in [6, 6.07) is 60.9. The summed E-state index contributed by atoms with van der Waals surface area (Å²) in [6.07, 6.45) is 0. The molecule has 1 heterocycles. The normalized spacial score (nSPS) is 13.3. The van der Waals surface area contributed by atoms with Gasteiger partial charge in [-0.05, 0) is 0 Å². The van der Waals surface area contributed by atoms with Gasteiger partial charge in [0.15, 0.2) is 0 Å². The predicted molar refractivity (Wildman–Crippen MR) is 211 cm³/mol. The van der Waals surface area contributed by atoms with Crippen molar-refractivity contribution >= 4 is 72.4 Å². The molecule has 0 N–H and O–H groups in total. The van der Waals surface area contributed by atoms with Gasteiger partial charge in [-0.15, -0.1) is 0 Å². The van der Waals surface area contributed by atoms with E-state index in [0.717, 1.165) is 5.69 Å². The Balaban J connectivity index is 1.24. The second-order valence-electron chi connectivity index (χ2n) is 13.7. The van der Waals surface area contributed by atoms with Crippen molar-refractivity contribution < 1.29 is 0 Å². The number of fused-ring (bicyclic) bond motifs is 10. The van der Waals surface area contributed by atoms with Crippen molar-refractivity contribution in [3.63, 3.8) is 0 Å². The third kappa shape index (κ3) is 4.31. The molecule has 1 aromatic heterocycles. The molecule has 8 aromatic carbocycles. The number of anilines is 3. The van der Waals surface area contributed by atoms with E-state index >= 15 is 0 Å². The first-order chi connectivity index (χ1) is 24.1. The van der Waals surface area contributed by atoms with Crippen molar-refractivity contribution in [1.82, 2.24) is 0 Å². The molecule has 0 fully saturated rings. The van der Waals surface area contributed by atoms with E-state index in [1.165, 1.54) is 85.6 Å². The van der Waals surface area contributed by atoms with Crippen LogP contribution in [0.3, 0.4) is 0 Å². The van der Waals surface area contributed by atoms with Crippen molar-refractivity contribution in [2.45, 2.75) is 19.3 Å². The quantitative estimate of drug-likeness (QED) is 0.131. The van der Waals surface area contributed by atoms with Gasteiger partial charge in [-0.3, -0.25) is 0 Å². The van der Waals surface area contributed by atoms with E-state index < -0.39 is 0 Å². The van der Waals surface area contributed by atoms with Gasteiger partial charge in [0.1, 0.15) is 0 Å². The molecule has 0 unspecified atom stereocenters. The monoisotopic (exact) mass is 691 g/mol. The zero-order chi connectivity index (χ0) is 32.7. The van der Waals surface area contributed by atoms with Crippen molar-refractivity contribution in [3.8, 4) is 22.3 Å². The first-order valence-electron chi connectivity index (χ1n) is 17.0. The molecule has 2 heteroatoms. The van der Waals surface area contributed by atoms with Gasteiger partial charge in [-0.1, -0.05) is 0 Å². The summed E-state index contributed by atoms with van der Waals surface area (Å²) in [7, 11) is 0. The Hall–Kier alpha value is -5.40. The predicted octanol–water partition coefficient (Wildman–Crippen LogP) is 12.8. The van der Waals surface area contributed by atoms with Gasteiger partial charge in [0, 0.05) is 0 Å². The molecule has 0 bridgehead atoms. The molecular weight excluding hydrogens is 657 g/mol. The van der Waals surface area contributed by atoms with Crippen LogP contribution in [0.4, 0.5) is 17.1 Å². The Morgan fingerprint density at radius 3 is 2.04 bits per heavy atom. The number of benzene rings is 8. The Morgan fingerprint density at radius 2 is 1.16 bits per heavy atom. The first-order valence-corrected chi connectivity index (χ1v) is 18.7. The third-order valence-electron chi connectivity index (χ3n) is 10.6. The maximum atomic E-state index is 2.50. The molecule has 0 aliphatic heterocycles. The van der Waals surface area contributed by atoms with Gasteiger partial charge in [-0.2, -0.15) is 0 Å². The van der Waals surface area contributed by atoms with Gasteiger partial charge in [-0.25, -0.2) is 0 Å². The molecule has 0 saturated carbocycles. The molecule has 1 aliphatic rings. The summed E-state index contributed by atoms with van der Waals surface area (Å²) >= 11 is 0.189. The topological polar surface area (TPSA) is 3.24 Å². The molecule has 9 aromatic rings. The molecular formula is C47H33NSe. The van der Waals surface area contributed by atoms with Crippen LogP contribution < -0.4 is 4.90 Å². The average molecular weight is 691 g/mol. The van der Waals surface area contributed by atoms with Crippen LogP contribution >= 0.6 is 0 Å². The average Bonchev–Trinajstić information content (AvgIpc) is 3.65. The van der Waals surface area contributed by atoms with Crippen molar-refractivity contribution in [2.75, 3.05) is 4.90 Å². The zero-order valence-corrected chi connectivity index (χ0v) is 29.2. The molecule has 1 nitrogen and oxygen atoms in total. The Kier molecular flexibility index (Phi) is 6.31. The summed E-state index contributed by atoms with van der Waals surface area (Å²) in [6.45, 7) is 4.71. The summed E-state index contributed by atoms with van der Waals surface area (Å²) in [5.74, 6) is 0. The standard InChI is InChI=1S/C47H33NSe/c1-47(2)40-16-9-8-15-37(40)39-29-35(26-28-41(39)47)48(34-24-21-31(22-25-34)30-11-4-3-5-12-30)42-17-10-18-43-45(42)38-27-23-33-20-19-32-13-6-7-14-36(32)44(33)46(38)49-43/h3-29H,1-2H3. The van der Waals surface area contributed by atoms with Crippen LogP contribution in [0.2, 0.25) is 0 Å². The van der Waals surface area contributed by atoms with Gasteiger partial charge in [0.25, 0.3) is 0 Å². The van der Waals surface area contributed by atoms with Crippen LogP contribution in [0.15, 0.2) is 164 Å². The number of nitrogens with zero attached hydrogens (tertiary/aromatic N) is 1. The Labute approximate surface area is 292 Å². The van der Waals surface area contributed by atoms with E-state index in [1.807, 2.05) is 0 Å². The molecule has 1 aliphatic carbocycles. The van der Waals surface area contributed by atoms with E-state index in [1.54, 1.807) is 0 Å². The number of rotatable bonds is 4. The molecule has 0 spiro atoms. The van der Waals surface area contributed by atoms with Crippen LogP contribution in [-0.4, -0.2) is 14.5 Å². The van der Waals surface area contributed by atoms with Crippen LogP contribution in [-0.2, 0) is 5.41 Å². The Bertz CT molecular complexity index is 2730. The number of hydrogen-bond acceptors (Lipinski definition) is 1. The molecule has 0 radical (unpaired) electrons. The molecule has 10 rings (SSSR count). The van der Waals surface area contributed by atoms with Gasteiger partial charge in [0.05, 0.1) is 0 Å².